The van der Waals surface area contributed by atoms with Gasteiger partial charge in [-0.2, -0.15) is 5.10 Å². The number of aromatic nitrogens is 2. The second kappa shape index (κ2) is 4.40. The molecule has 1 rings (SSSR count). The molecule has 8 heteroatoms. The van der Waals surface area contributed by atoms with Crippen LogP contribution < -0.4 is 10.5 Å². The van der Waals surface area contributed by atoms with Gasteiger partial charge in [-0.1, -0.05) is 6.92 Å². The Morgan fingerprint density at radius 3 is 2.69 bits per heavy atom. The number of nitrogens with two attached hydrogens (primary N) is 1. The van der Waals surface area contributed by atoms with Gasteiger partial charge in [-0.3, -0.25) is 5.10 Å². The third kappa shape index (κ3) is 2.52. The molecule has 0 amide bonds. The van der Waals surface area contributed by atoms with Gasteiger partial charge >= 0.3 is 0 Å². The van der Waals surface area contributed by atoms with Gasteiger partial charge in [0.2, 0.25) is 10.0 Å². The summed E-state index contributed by atoms with van der Waals surface area (Å²) in [5.74, 6) is -0.0242. The minimum atomic E-state index is -3.76. The van der Waals surface area contributed by atoms with Crippen LogP contribution in [0.15, 0.2) is 11.1 Å². The number of anilines is 1. The van der Waals surface area contributed by atoms with E-state index in [9.17, 15) is 8.42 Å². The normalized spacial score (nSPS) is 15.9. The Bertz CT molecular complexity index is 450. The number of H-pyrrole nitrogens is 1. The quantitative estimate of drug-likeness (QED) is 0.556. The van der Waals surface area contributed by atoms with E-state index in [0.29, 0.717) is 6.42 Å². The van der Waals surface area contributed by atoms with Crippen LogP contribution in [0.3, 0.4) is 0 Å². The molecule has 0 aliphatic rings. The topological polar surface area (TPSA) is 121 Å². The zero-order valence-corrected chi connectivity index (χ0v) is 10.0. The Morgan fingerprint density at radius 1 is 1.69 bits per heavy atom. The third-order valence-electron chi connectivity index (χ3n) is 2.43. The largest absolute Gasteiger partial charge is 0.394 e. The molecule has 0 spiro atoms. The van der Waals surface area contributed by atoms with Crippen LogP contribution >= 0.6 is 0 Å². The van der Waals surface area contributed by atoms with E-state index in [0.717, 1.165) is 6.20 Å². The molecule has 0 saturated carbocycles. The van der Waals surface area contributed by atoms with Crippen molar-refractivity contribution in [3.05, 3.63) is 6.20 Å². The van der Waals surface area contributed by atoms with Gasteiger partial charge in [0.05, 0.1) is 18.3 Å². The smallest absolute Gasteiger partial charge is 0.246 e. The maximum Gasteiger partial charge on any atom is 0.246 e. The zero-order valence-electron chi connectivity index (χ0n) is 9.19. The van der Waals surface area contributed by atoms with Gasteiger partial charge in [0.25, 0.3) is 0 Å². The van der Waals surface area contributed by atoms with E-state index >= 15 is 0 Å². The highest BCUT2D eigenvalue weighted by atomic mass is 32.2. The summed E-state index contributed by atoms with van der Waals surface area (Å²) in [6.07, 6.45) is 1.59. The molecule has 0 radical (unpaired) electrons. The second-order valence-corrected chi connectivity index (χ2v) is 5.48. The van der Waals surface area contributed by atoms with Gasteiger partial charge in [-0.15, -0.1) is 0 Å². The first-order chi connectivity index (χ1) is 7.34. The molecular formula is C8H16N4O3S. The summed E-state index contributed by atoms with van der Waals surface area (Å²) in [7, 11) is -3.76. The molecule has 1 heterocycles. The number of nitrogens with zero attached hydrogens (tertiary/aromatic N) is 1. The Hall–Kier alpha value is -1.12. The average molecular weight is 248 g/mol. The Morgan fingerprint density at radius 2 is 2.31 bits per heavy atom. The number of aliphatic hydroxyl groups excluding tert-OH is 1. The number of rotatable bonds is 5. The number of sulfonamides is 1. The molecule has 0 fully saturated rings. The lowest BCUT2D eigenvalue weighted by atomic mass is 10.0. The van der Waals surface area contributed by atoms with E-state index in [2.05, 4.69) is 14.9 Å². The van der Waals surface area contributed by atoms with Gasteiger partial charge in [0.1, 0.15) is 10.7 Å². The monoisotopic (exact) mass is 248 g/mol. The van der Waals surface area contributed by atoms with Gasteiger partial charge in [-0.05, 0) is 13.3 Å². The summed E-state index contributed by atoms with van der Waals surface area (Å²) in [5, 5.41) is 15.0. The average Bonchev–Trinajstić information content (AvgIpc) is 2.64. The lowest BCUT2D eigenvalue weighted by Gasteiger charge is -2.26. The lowest BCUT2D eigenvalue weighted by Crippen LogP contribution is -2.48. The molecule has 0 aromatic carbocycles. The molecule has 92 valence electrons. The number of nitrogen functional groups attached to an aromatic ring is 1. The van der Waals surface area contributed by atoms with Crippen molar-refractivity contribution < 1.29 is 13.5 Å². The Balaban J connectivity index is 3.02. The molecule has 1 atom stereocenters. The predicted molar refractivity (Wildman–Crippen MR) is 59.1 cm³/mol. The number of nitrogens with one attached hydrogen (secondary N) is 2. The van der Waals surface area contributed by atoms with E-state index in [1.54, 1.807) is 13.8 Å². The van der Waals surface area contributed by atoms with E-state index in [1.165, 1.54) is 0 Å². The lowest BCUT2D eigenvalue weighted by molar-refractivity contribution is 0.191. The molecular weight excluding hydrogens is 232 g/mol. The van der Waals surface area contributed by atoms with Gasteiger partial charge < -0.3 is 10.8 Å². The summed E-state index contributed by atoms with van der Waals surface area (Å²) in [5.41, 5.74) is 4.53. The van der Waals surface area contributed by atoms with Crippen LogP contribution in [0.2, 0.25) is 0 Å². The molecule has 16 heavy (non-hydrogen) atoms. The summed E-state index contributed by atoms with van der Waals surface area (Å²) in [6, 6.07) is 0. The van der Waals surface area contributed by atoms with Crippen LogP contribution in [-0.2, 0) is 10.0 Å². The molecule has 1 unspecified atom stereocenters. The summed E-state index contributed by atoms with van der Waals surface area (Å²) in [4.78, 5) is -0.111. The molecule has 0 aliphatic carbocycles. The Labute approximate surface area is 94.1 Å². The minimum absolute atomic E-state index is 0.0242. The highest BCUT2D eigenvalue weighted by Gasteiger charge is 2.30. The number of aliphatic hydroxyl groups is 1. The first-order valence-electron chi connectivity index (χ1n) is 4.78. The van der Waals surface area contributed by atoms with Crippen molar-refractivity contribution in [3.63, 3.8) is 0 Å². The standard InChI is InChI=1S/C8H16N4O3S/c1-3-8(2,5-13)12-16(14,15)6-4-10-11-7(6)9/h4,12-13H,3,5H2,1-2H3,(H3,9,10,11). The van der Waals surface area contributed by atoms with Crippen LogP contribution in [0.1, 0.15) is 20.3 Å². The zero-order chi connectivity index (χ0) is 12.4. The highest BCUT2D eigenvalue weighted by molar-refractivity contribution is 7.89. The molecule has 0 bridgehead atoms. The number of aromatic amines is 1. The van der Waals surface area contributed by atoms with E-state index in [4.69, 9.17) is 10.8 Å². The molecule has 1 aromatic heterocycles. The van der Waals surface area contributed by atoms with Crippen molar-refractivity contribution in [1.82, 2.24) is 14.9 Å². The van der Waals surface area contributed by atoms with Gasteiger partial charge in [-0.25, -0.2) is 13.1 Å². The van der Waals surface area contributed by atoms with Crippen molar-refractivity contribution in [2.45, 2.75) is 30.7 Å². The van der Waals surface area contributed by atoms with Crippen LogP contribution in [-0.4, -0.2) is 35.9 Å². The first-order valence-corrected chi connectivity index (χ1v) is 6.26. The van der Waals surface area contributed by atoms with Crippen molar-refractivity contribution >= 4 is 15.8 Å². The molecule has 5 N–H and O–H groups in total. The molecule has 1 aromatic rings. The predicted octanol–water partition coefficient (Wildman–Crippen LogP) is -0.569. The van der Waals surface area contributed by atoms with Gasteiger partial charge in [0, 0.05) is 0 Å². The third-order valence-corrected chi connectivity index (χ3v) is 4.10. The highest BCUT2D eigenvalue weighted by Crippen LogP contribution is 2.18. The van der Waals surface area contributed by atoms with Crippen molar-refractivity contribution in [1.29, 1.82) is 0 Å². The summed E-state index contributed by atoms with van der Waals surface area (Å²) >= 11 is 0. The first kappa shape index (κ1) is 12.9. The number of hydrogen-bond acceptors (Lipinski definition) is 5. The van der Waals surface area contributed by atoms with Crippen LogP contribution in [0.4, 0.5) is 5.82 Å². The summed E-state index contributed by atoms with van der Waals surface area (Å²) in [6.45, 7) is 3.10. The fraction of sp³-hybridized carbons (Fsp3) is 0.625. The van der Waals surface area contributed by atoms with E-state index in [-0.39, 0.29) is 17.3 Å². The SMILES string of the molecule is CCC(C)(CO)NS(=O)(=O)c1cn[nH]c1N. The van der Waals surface area contributed by atoms with Crippen LogP contribution in [0.25, 0.3) is 0 Å². The summed E-state index contributed by atoms with van der Waals surface area (Å²) < 4.78 is 26.2. The van der Waals surface area contributed by atoms with Gasteiger partial charge in [0.15, 0.2) is 0 Å². The molecule has 7 nitrogen and oxygen atoms in total. The van der Waals surface area contributed by atoms with Crippen molar-refractivity contribution in [2.24, 2.45) is 0 Å². The maximum atomic E-state index is 11.9. The van der Waals surface area contributed by atoms with E-state index in [1.807, 2.05) is 0 Å². The van der Waals surface area contributed by atoms with E-state index < -0.39 is 15.6 Å². The van der Waals surface area contributed by atoms with Crippen LogP contribution in [0.5, 0.6) is 0 Å². The fourth-order valence-corrected chi connectivity index (χ4v) is 2.59. The maximum absolute atomic E-state index is 11.9. The fourth-order valence-electron chi connectivity index (χ4n) is 1.09. The second-order valence-electron chi connectivity index (χ2n) is 3.83. The van der Waals surface area contributed by atoms with Crippen LogP contribution in [0, 0.1) is 0 Å². The molecule has 0 saturated heterocycles. The van der Waals surface area contributed by atoms with Crippen molar-refractivity contribution in [2.75, 3.05) is 12.3 Å². The minimum Gasteiger partial charge on any atom is -0.394 e. The Kier molecular flexibility index (Phi) is 3.56. The number of hydrogen-bond donors (Lipinski definition) is 4. The van der Waals surface area contributed by atoms with Crippen molar-refractivity contribution in [3.8, 4) is 0 Å². The molecule has 0 aliphatic heterocycles.